The molecule has 17 heavy (non-hydrogen) atoms. The summed E-state index contributed by atoms with van der Waals surface area (Å²) in [6, 6.07) is 0. The van der Waals surface area contributed by atoms with Crippen LogP contribution in [-0.2, 0) is 9.47 Å². The van der Waals surface area contributed by atoms with E-state index in [4.69, 9.17) is 9.47 Å². The highest BCUT2D eigenvalue weighted by atomic mass is 28.3. The second-order valence-corrected chi connectivity index (χ2v) is 9.13. The Morgan fingerprint density at radius 2 is 1.53 bits per heavy atom. The van der Waals surface area contributed by atoms with Gasteiger partial charge in [0.1, 0.15) is 8.07 Å². The highest BCUT2D eigenvalue weighted by Gasteiger charge is 2.06. The minimum Gasteiger partial charge on any atom is -0.342 e. The van der Waals surface area contributed by atoms with E-state index >= 15 is 0 Å². The van der Waals surface area contributed by atoms with Crippen LogP contribution >= 0.6 is 0 Å². The van der Waals surface area contributed by atoms with E-state index in [-0.39, 0.29) is 0 Å². The van der Waals surface area contributed by atoms with Crippen molar-refractivity contribution in [3.8, 4) is 23.3 Å². The molecule has 2 nitrogen and oxygen atoms in total. The molecule has 0 aromatic rings. The van der Waals surface area contributed by atoms with Crippen molar-refractivity contribution in [3.05, 3.63) is 12.2 Å². The monoisotopic (exact) mass is 250 g/mol. The molecule has 0 unspecified atom stereocenters. The van der Waals surface area contributed by atoms with E-state index in [9.17, 15) is 0 Å². The van der Waals surface area contributed by atoms with Crippen molar-refractivity contribution in [2.24, 2.45) is 0 Å². The third kappa shape index (κ3) is 11.3. The number of hydrogen-bond donors (Lipinski definition) is 0. The molecule has 0 aliphatic rings. The van der Waals surface area contributed by atoms with E-state index in [1.54, 1.807) is 12.2 Å². The van der Waals surface area contributed by atoms with Gasteiger partial charge in [-0.1, -0.05) is 31.5 Å². The zero-order valence-corrected chi connectivity index (χ0v) is 12.5. The van der Waals surface area contributed by atoms with Crippen LogP contribution in [-0.4, -0.2) is 27.6 Å². The lowest BCUT2D eigenvalue weighted by Crippen LogP contribution is -2.16. The van der Waals surface area contributed by atoms with Crippen LogP contribution in [0, 0.1) is 23.3 Å². The molecule has 0 amide bonds. The summed E-state index contributed by atoms with van der Waals surface area (Å²) in [7, 11) is -1.27. The number of hydrogen-bond acceptors (Lipinski definition) is 2. The van der Waals surface area contributed by atoms with Gasteiger partial charge in [0.2, 0.25) is 6.29 Å². The zero-order valence-electron chi connectivity index (χ0n) is 11.5. The second-order valence-electron chi connectivity index (χ2n) is 4.38. The minimum absolute atomic E-state index is 0.431. The average molecular weight is 250 g/mol. The quantitative estimate of drug-likeness (QED) is 0.434. The smallest absolute Gasteiger partial charge is 0.222 e. The van der Waals surface area contributed by atoms with Gasteiger partial charge in [-0.2, -0.15) is 0 Å². The largest absolute Gasteiger partial charge is 0.342 e. The minimum atomic E-state index is -1.27. The van der Waals surface area contributed by atoms with E-state index < -0.39 is 14.4 Å². The van der Waals surface area contributed by atoms with E-state index in [0.29, 0.717) is 13.2 Å². The third-order valence-electron chi connectivity index (χ3n) is 1.53. The Labute approximate surface area is 106 Å². The normalized spacial score (nSPS) is 10.9. The molecule has 0 spiro atoms. The fourth-order valence-corrected chi connectivity index (χ4v) is 1.41. The van der Waals surface area contributed by atoms with Crippen LogP contribution in [0.1, 0.15) is 13.8 Å². The predicted octanol–water partition coefficient (Wildman–Crippen LogP) is 2.83. The number of rotatable bonds is 4. The summed E-state index contributed by atoms with van der Waals surface area (Å²) in [6.07, 6.45) is 3.08. The molecule has 0 saturated carbocycles. The summed E-state index contributed by atoms with van der Waals surface area (Å²) < 4.78 is 10.6. The molecule has 0 N–H and O–H groups in total. The van der Waals surface area contributed by atoms with E-state index in [1.165, 1.54) is 0 Å². The fraction of sp³-hybridized carbons (Fsp3) is 0.571. The predicted molar refractivity (Wildman–Crippen MR) is 75.1 cm³/mol. The van der Waals surface area contributed by atoms with Crippen molar-refractivity contribution in [1.29, 1.82) is 0 Å². The van der Waals surface area contributed by atoms with Gasteiger partial charge in [0.15, 0.2) is 0 Å². The molecule has 0 atom stereocenters. The SMILES string of the molecule is CCOC(C#C/C=C\C#C[Si](C)(C)C)OCC. The Bertz CT molecular complexity index is 338. The molecule has 3 heteroatoms. The Balaban J connectivity index is 4.23. The van der Waals surface area contributed by atoms with E-state index in [2.05, 4.69) is 42.9 Å². The van der Waals surface area contributed by atoms with Gasteiger partial charge in [-0.25, -0.2) is 0 Å². The maximum absolute atomic E-state index is 5.28. The van der Waals surface area contributed by atoms with Crippen molar-refractivity contribution < 1.29 is 9.47 Å². The zero-order chi connectivity index (χ0) is 13.1. The molecule has 0 rings (SSSR count). The number of allylic oxidation sites excluding steroid dienone is 2. The van der Waals surface area contributed by atoms with Gasteiger partial charge in [0.05, 0.1) is 0 Å². The molecule has 0 aromatic heterocycles. The van der Waals surface area contributed by atoms with Crippen molar-refractivity contribution in [2.75, 3.05) is 13.2 Å². The van der Waals surface area contributed by atoms with Crippen molar-refractivity contribution in [2.45, 2.75) is 39.8 Å². The maximum atomic E-state index is 5.28. The molecule has 0 aliphatic carbocycles. The Hall–Kier alpha value is -1.00. The first kappa shape index (κ1) is 16.0. The van der Waals surface area contributed by atoms with Gasteiger partial charge >= 0.3 is 0 Å². The van der Waals surface area contributed by atoms with Crippen LogP contribution < -0.4 is 0 Å². The summed E-state index contributed by atoms with van der Waals surface area (Å²) in [4.78, 5) is 0. The van der Waals surface area contributed by atoms with Gasteiger partial charge in [-0.3, -0.25) is 0 Å². The second kappa shape index (κ2) is 9.07. The summed E-state index contributed by atoms with van der Waals surface area (Å²) in [6.45, 7) is 11.7. The molecule has 0 aliphatic heterocycles. The van der Waals surface area contributed by atoms with Crippen molar-refractivity contribution in [3.63, 3.8) is 0 Å². The molecule has 0 fully saturated rings. The molecule has 0 saturated heterocycles. The third-order valence-corrected chi connectivity index (χ3v) is 2.43. The summed E-state index contributed by atoms with van der Waals surface area (Å²) in [5, 5.41) is 0. The van der Waals surface area contributed by atoms with Crippen LogP contribution in [0.25, 0.3) is 0 Å². The standard InChI is InChI=1S/C14H22O2Si/c1-6-15-14(16-7-2)12-10-8-9-11-13-17(3,4)5/h8-9,14H,6-7H2,1-5H3/b9-8-. The summed E-state index contributed by atoms with van der Waals surface area (Å²) >= 11 is 0. The molecule has 0 bridgehead atoms. The van der Waals surface area contributed by atoms with Gasteiger partial charge in [-0.15, -0.1) is 5.54 Å². The Morgan fingerprint density at radius 1 is 1.00 bits per heavy atom. The first-order valence-corrected chi connectivity index (χ1v) is 9.41. The molecule has 94 valence electrons. The molecular formula is C14H22O2Si. The lowest BCUT2D eigenvalue weighted by atomic mass is 10.5. The maximum Gasteiger partial charge on any atom is 0.222 e. The molecule has 0 radical (unpaired) electrons. The summed E-state index contributed by atoms with van der Waals surface area (Å²) in [5.41, 5.74) is 3.23. The van der Waals surface area contributed by atoms with Crippen molar-refractivity contribution in [1.82, 2.24) is 0 Å². The number of ether oxygens (including phenoxy) is 2. The van der Waals surface area contributed by atoms with Crippen LogP contribution in [0.4, 0.5) is 0 Å². The Morgan fingerprint density at radius 3 is 2.00 bits per heavy atom. The molecular weight excluding hydrogens is 228 g/mol. The lowest BCUT2D eigenvalue weighted by molar-refractivity contribution is -0.0969. The van der Waals surface area contributed by atoms with Crippen LogP contribution in [0.2, 0.25) is 19.6 Å². The first-order chi connectivity index (χ1) is 7.99. The topological polar surface area (TPSA) is 18.5 Å². The van der Waals surface area contributed by atoms with Crippen LogP contribution in [0.15, 0.2) is 12.2 Å². The lowest BCUT2D eigenvalue weighted by Gasteiger charge is -2.09. The van der Waals surface area contributed by atoms with Crippen LogP contribution in [0.3, 0.4) is 0 Å². The Kier molecular flexibility index (Phi) is 8.54. The first-order valence-electron chi connectivity index (χ1n) is 5.91. The highest BCUT2D eigenvalue weighted by Crippen LogP contribution is 1.96. The fourth-order valence-electron chi connectivity index (χ4n) is 0.892. The van der Waals surface area contributed by atoms with E-state index in [0.717, 1.165) is 0 Å². The van der Waals surface area contributed by atoms with E-state index in [1.807, 2.05) is 13.8 Å². The highest BCUT2D eigenvalue weighted by molar-refractivity contribution is 6.83. The van der Waals surface area contributed by atoms with Crippen LogP contribution in [0.5, 0.6) is 0 Å². The molecule has 0 aromatic carbocycles. The summed E-state index contributed by atoms with van der Waals surface area (Å²) in [5.74, 6) is 8.77. The van der Waals surface area contributed by atoms with Gasteiger partial charge in [-0.05, 0) is 31.9 Å². The van der Waals surface area contributed by atoms with Gasteiger partial charge in [0, 0.05) is 13.2 Å². The van der Waals surface area contributed by atoms with Crippen molar-refractivity contribution >= 4 is 8.07 Å². The molecule has 0 heterocycles. The average Bonchev–Trinajstić information content (AvgIpc) is 2.22. The van der Waals surface area contributed by atoms with Gasteiger partial charge < -0.3 is 9.47 Å². The van der Waals surface area contributed by atoms with Gasteiger partial charge in [0.25, 0.3) is 0 Å².